The largest absolute Gasteiger partial charge is 0.481 e. The first-order valence-corrected chi connectivity index (χ1v) is 5.41. The zero-order valence-electron chi connectivity index (χ0n) is 9.34. The number of carboxylic acids is 1. The van der Waals surface area contributed by atoms with Crippen LogP contribution in [0.3, 0.4) is 0 Å². The van der Waals surface area contributed by atoms with Gasteiger partial charge < -0.3 is 10.4 Å². The van der Waals surface area contributed by atoms with Crippen molar-refractivity contribution < 1.29 is 9.90 Å². The lowest BCUT2D eigenvalue weighted by Gasteiger charge is -2.44. The maximum Gasteiger partial charge on any atom is 0.305 e. The summed E-state index contributed by atoms with van der Waals surface area (Å²) >= 11 is 0. The van der Waals surface area contributed by atoms with Crippen LogP contribution in [0, 0.1) is 11.8 Å². The highest BCUT2D eigenvalue weighted by Gasteiger charge is 2.40. The molecule has 3 unspecified atom stereocenters. The number of nitrogens with one attached hydrogen (secondary N) is 1. The van der Waals surface area contributed by atoms with E-state index in [2.05, 4.69) is 19.2 Å². The molecule has 0 amide bonds. The van der Waals surface area contributed by atoms with Crippen LogP contribution >= 0.6 is 0 Å². The van der Waals surface area contributed by atoms with E-state index in [1.54, 1.807) is 0 Å². The van der Waals surface area contributed by atoms with Gasteiger partial charge in [0.1, 0.15) is 0 Å². The molecule has 0 radical (unpaired) electrons. The van der Waals surface area contributed by atoms with Crippen LogP contribution in [0.4, 0.5) is 0 Å². The number of hydrogen-bond donors (Lipinski definition) is 2. The Balaban J connectivity index is 2.72. The minimum atomic E-state index is -0.694. The third kappa shape index (κ3) is 2.27. The summed E-state index contributed by atoms with van der Waals surface area (Å²) in [4.78, 5) is 10.8. The topological polar surface area (TPSA) is 49.3 Å². The summed E-state index contributed by atoms with van der Waals surface area (Å²) in [6.07, 6.45) is 3.50. The molecule has 3 nitrogen and oxygen atoms in total. The van der Waals surface area contributed by atoms with Gasteiger partial charge in [0, 0.05) is 5.54 Å². The minimum Gasteiger partial charge on any atom is -0.481 e. The Morgan fingerprint density at radius 3 is 2.64 bits per heavy atom. The molecule has 0 spiro atoms. The Labute approximate surface area is 85.9 Å². The Morgan fingerprint density at radius 2 is 2.21 bits per heavy atom. The summed E-state index contributed by atoms with van der Waals surface area (Å²) in [6.45, 7) is 4.41. The van der Waals surface area contributed by atoms with E-state index in [0.29, 0.717) is 5.92 Å². The van der Waals surface area contributed by atoms with E-state index in [0.717, 1.165) is 25.2 Å². The highest BCUT2D eigenvalue weighted by atomic mass is 16.4. The molecule has 0 aromatic rings. The molecule has 82 valence electrons. The zero-order valence-corrected chi connectivity index (χ0v) is 9.34. The van der Waals surface area contributed by atoms with Crippen molar-refractivity contribution in [1.82, 2.24) is 5.32 Å². The molecule has 1 rings (SSSR count). The SMILES string of the molecule is CNC1(CC(=O)O)CCC(C)CC1C. The van der Waals surface area contributed by atoms with E-state index in [1.165, 1.54) is 0 Å². The molecular weight excluding hydrogens is 178 g/mol. The molecule has 14 heavy (non-hydrogen) atoms. The van der Waals surface area contributed by atoms with Crippen LogP contribution in [0.1, 0.15) is 39.5 Å². The molecule has 0 heterocycles. The van der Waals surface area contributed by atoms with Gasteiger partial charge >= 0.3 is 5.97 Å². The van der Waals surface area contributed by atoms with Gasteiger partial charge in [-0.3, -0.25) is 4.79 Å². The maximum atomic E-state index is 10.8. The van der Waals surface area contributed by atoms with Crippen LogP contribution in [0.2, 0.25) is 0 Å². The second-order valence-electron chi connectivity index (χ2n) is 4.76. The molecule has 0 saturated heterocycles. The smallest absolute Gasteiger partial charge is 0.305 e. The number of rotatable bonds is 3. The molecule has 1 fully saturated rings. The molecular formula is C11H21NO2. The highest BCUT2D eigenvalue weighted by Crippen LogP contribution is 2.38. The fourth-order valence-electron chi connectivity index (χ4n) is 2.69. The van der Waals surface area contributed by atoms with E-state index < -0.39 is 5.97 Å². The lowest BCUT2D eigenvalue weighted by Crippen LogP contribution is -2.52. The first-order valence-electron chi connectivity index (χ1n) is 5.41. The van der Waals surface area contributed by atoms with Gasteiger partial charge in [-0.25, -0.2) is 0 Å². The van der Waals surface area contributed by atoms with Gasteiger partial charge in [0.15, 0.2) is 0 Å². The maximum absolute atomic E-state index is 10.8. The van der Waals surface area contributed by atoms with Gasteiger partial charge in [-0.15, -0.1) is 0 Å². The van der Waals surface area contributed by atoms with Crippen molar-refractivity contribution in [2.45, 2.75) is 45.1 Å². The van der Waals surface area contributed by atoms with Gasteiger partial charge in [0.05, 0.1) is 6.42 Å². The van der Waals surface area contributed by atoms with E-state index >= 15 is 0 Å². The van der Waals surface area contributed by atoms with Crippen molar-refractivity contribution in [3.8, 4) is 0 Å². The fraction of sp³-hybridized carbons (Fsp3) is 0.909. The Hall–Kier alpha value is -0.570. The standard InChI is InChI=1S/C11H21NO2/c1-8-4-5-11(12-3,7-10(13)14)9(2)6-8/h8-9,12H,4-7H2,1-3H3,(H,13,14). The predicted molar refractivity (Wildman–Crippen MR) is 56.2 cm³/mol. The summed E-state index contributed by atoms with van der Waals surface area (Å²) in [7, 11) is 1.88. The molecule has 2 N–H and O–H groups in total. The van der Waals surface area contributed by atoms with E-state index in [9.17, 15) is 4.79 Å². The average Bonchev–Trinajstić information content (AvgIpc) is 2.10. The molecule has 1 saturated carbocycles. The molecule has 1 aliphatic rings. The average molecular weight is 199 g/mol. The number of hydrogen-bond acceptors (Lipinski definition) is 2. The highest BCUT2D eigenvalue weighted by molar-refractivity contribution is 5.68. The van der Waals surface area contributed by atoms with Crippen LogP contribution in [0.15, 0.2) is 0 Å². The first-order chi connectivity index (χ1) is 6.50. The monoisotopic (exact) mass is 199 g/mol. The normalized spacial score (nSPS) is 38.2. The van der Waals surface area contributed by atoms with Crippen LogP contribution in [0.25, 0.3) is 0 Å². The van der Waals surface area contributed by atoms with Crippen LogP contribution in [0.5, 0.6) is 0 Å². The van der Waals surface area contributed by atoms with Crippen molar-refractivity contribution in [2.24, 2.45) is 11.8 Å². The minimum absolute atomic E-state index is 0.168. The van der Waals surface area contributed by atoms with Crippen LogP contribution < -0.4 is 5.32 Å². The fourth-order valence-corrected chi connectivity index (χ4v) is 2.69. The van der Waals surface area contributed by atoms with Crippen molar-refractivity contribution in [2.75, 3.05) is 7.05 Å². The van der Waals surface area contributed by atoms with Crippen molar-refractivity contribution in [3.63, 3.8) is 0 Å². The zero-order chi connectivity index (χ0) is 10.8. The lowest BCUT2D eigenvalue weighted by atomic mass is 9.68. The second kappa shape index (κ2) is 4.30. The summed E-state index contributed by atoms with van der Waals surface area (Å²) < 4.78 is 0. The van der Waals surface area contributed by atoms with Gasteiger partial charge in [-0.05, 0) is 38.1 Å². The molecule has 3 atom stereocenters. The quantitative estimate of drug-likeness (QED) is 0.729. The molecule has 3 heteroatoms. The van der Waals surface area contributed by atoms with Gasteiger partial charge in [0.2, 0.25) is 0 Å². The summed E-state index contributed by atoms with van der Waals surface area (Å²) in [5.74, 6) is 0.494. The predicted octanol–water partition coefficient (Wildman–Crippen LogP) is 1.88. The van der Waals surface area contributed by atoms with E-state index in [1.807, 2.05) is 7.05 Å². The number of aliphatic carboxylic acids is 1. The number of carboxylic acid groups (broad SMARTS) is 1. The van der Waals surface area contributed by atoms with Crippen molar-refractivity contribution >= 4 is 5.97 Å². The summed E-state index contributed by atoms with van der Waals surface area (Å²) in [5, 5.41) is 12.1. The molecule has 0 aliphatic heterocycles. The van der Waals surface area contributed by atoms with Crippen molar-refractivity contribution in [3.05, 3.63) is 0 Å². The van der Waals surface area contributed by atoms with Crippen molar-refractivity contribution in [1.29, 1.82) is 0 Å². The number of carbonyl (C=O) groups is 1. The Kier molecular flexibility index (Phi) is 3.53. The van der Waals surface area contributed by atoms with Gasteiger partial charge in [-0.1, -0.05) is 13.8 Å². The van der Waals surface area contributed by atoms with Crippen LogP contribution in [-0.2, 0) is 4.79 Å². The Morgan fingerprint density at radius 1 is 1.57 bits per heavy atom. The lowest BCUT2D eigenvalue weighted by molar-refractivity contribution is -0.139. The molecule has 0 bridgehead atoms. The second-order valence-corrected chi connectivity index (χ2v) is 4.76. The summed E-state index contributed by atoms with van der Waals surface area (Å²) in [6, 6.07) is 0. The van der Waals surface area contributed by atoms with Gasteiger partial charge in [-0.2, -0.15) is 0 Å². The van der Waals surface area contributed by atoms with Crippen LogP contribution in [-0.4, -0.2) is 23.7 Å². The van der Waals surface area contributed by atoms with E-state index in [4.69, 9.17) is 5.11 Å². The Bertz CT molecular complexity index is 217. The third-order valence-electron chi connectivity index (χ3n) is 3.75. The molecule has 0 aromatic carbocycles. The summed E-state index contributed by atoms with van der Waals surface area (Å²) in [5.41, 5.74) is -0.168. The van der Waals surface area contributed by atoms with Gasteiger partial charge in [0.25, 0.3) is 0 Å². The molecule has 1 aliphatic carbocycles. The first kappa shape index (κ1) is 11.5. The molecule has 0 aromatic heterocycles. The van der Waals surface area contributed by atoms with E-state index in [-0.39, 0.29) is 12.0 Å². The third-order valence-corrected chi connectivity index (χ3v) is 3.75.